The van der Waals surface area contributed by atoms with Gasteiger partial charge in [0.05, 0.1) is 9.40 Å². The van der Waals surface area contributed by atoms with E-state index < -0.39 is 10.9 Å². The van der Waals surface area contributed by atoms with Crippen LogP contribution in [0, 0.1) is 10.1 Å². The van der Waals surface area contributed by atoms with Gasteiger partial charge in [-0.3, -0.25) is 10.1 Å². The molecule has 0 bridgehead atoms. The van der Waals surface area contributed by atoms with E-state index in [-0.39, 0.29) is 10.6 Å². The molecule has 0 radical (unpaired) electrons. The van der Waals surface area contributed by atoms with Gasteiger partial charge >= 0.3 is 5.97 Å². The summed E-state index contributed by atoms with van der Waals surface area (Å²) in [5, 5.41) is 21.6. The van der Waals surface area contributed by atoms with Crippen molar-refractivity contribution in [3.8, 4) is 0 Å². The highest BCUT2D eigenvalue weighted by atomic mass is 79.9. The minimum Gasteiger partial charge on any atom is -0.477 e. The van der Waals surface area contributed by atoms with E-state index in [4.69, 9.17) is 5.11 Å². The van der Waals surface area contributed by atoms with E-state index in [1.165, 1.54) is 23.9 Å². The Labute approximate surface area is 123 Å². The molecule has 0 unspecified atom stereocenters. The van der Waals surface area contributed by atoms with Gasteiger partial charge in [-0.1, -0.05) is 11.8 Å². The van der Waals surface area contributed by atoms with Crippen molar-refractivity contribution in [2.75, 3.05) is 0 Å². The molecule has 0 amide bonds. The van der Waals surface area contributed by atoms with Crippen LogP contribution in [-0.2, 0) is 0 Å². The van der Waals surface area contributed by atoms with Crippen molar-refractivity contribution in [2.24, 2.45) is 0 Å². The zero-order valence-electron chi connectivity index (χ0n) is 9.07. The Kier molecular flexibility index (Phi) is 4.17. The number of pyridine rings is 1. The minimum atomic E-state index is -0.979. The van der Waals surface area contributed by atoms with Crippen LogP contribution >= 0.6 is 39.0 Å². The van der Waals surface area contributed by atoms with Crippen molar-refractivity contribution < 1.29 is 14.8 Å². The maximum absolute atomic E-state index is 10.8. The molecule has 0 aliphatic carbocycles. The van der Waals surface area contributed by atoms with E-state index >= 15 is 0 Å². The number of halogens is 1. The number of hydrogen-bond acceptors (Lipinski definition) is 6. The first-order valence-electron chi connectivity index (χ1n) is 4.77. The third kappa shape index (κ3) is 3.31. The van der Waals surface area contributed by atoms with Crippen molar-refractivity contribution in [3.63, 3.8) is 0 Å². The average molecular weight is 361 g/mol. The van der Waals surface area contributed by atoms with Gasteiger partial charge in [-0.15, -0.1) is 11.3 Å². The molecule has 2 heterocycles. The van der Waals surface area contributed by atoms with Gasteiger partial charge in [-0.05, 0) is 22.0 Å². The summed E-state index contributed by atoms with van der Waals surface area (Å²) in [5.41, 5.74) is -0.104. The van der Waals surface area contributed by atoms with E-state index in [0.717, 1.165) is 22.4 Å². The molecular weight excluding hydrogens is 356 g/mol. The summed E-state index contributed by atoms with van der Waals surface area (Å²) in [6.07, 6.45) is 1.16. The number of thiophene rings is 1. The van der Waals surface area contributed by atoms with Crippen molar-refractivity contribution >= 4 is 50.7 Å². The second-order valence-corrected chi connectivity index (χ2v) is 6.12. The zero-order chi connectivity index (χ0) is 14.0. The van der Waals surface area contributed by atoms with Gasteiger partial charge in [-0.2, -0.15) is 0 Å². The summed E-state index contributed by atoms with van der Waals surface area (Å²) in [5.74, 6) is -0.979. The van der Waals surface area contributed by atoms with Gasteiger partial charge in [-0.25, -0.2) is 9.78 Å². The van der Waals surface area contributed by atoms with Gasteiger partial charge in [0.1, 0.15) is 16.1 Å². The molecule has 1 N–H and O–H groups in total. The molecule has 0 spiro atoms. The Balaban J connectivity index is 2.23. The summed E-state index contributed by atoms with van der Waals surface area (Å²) < 4.78 is 0.495. The fraction of sp³-hybridized carbons (Fsp3) is 0. The summed E-state index contributed by atoms with van der Waals surface area (Å²) in [6.45, 7) is 0. The van der Waals surface area contributed by atoms with Gasteiger partial charge in [0.25, 0.3) is 5.69 Å². The van der Waals surface area contributed by atoms with E-state index in [0.29, 0.717) is 9.50 Å². The molecule has 2 aromatic rings. The van der Waals surface area contributed by atoms with E-state index in [1.807, 2.05) is 0 Å². The molecule has 2 rings (SSSR count). The van der Waals surface area contributed by atoms with Crippen LogP contribution in [0.1, 0.15) is 9.67 Å². The number of aromatic nitrogens is 1. The standard InChI is InChI=1S/C10H5BrN2O4S2/c11-7-1-5(13(16)17)3-12-9(7)19-6-2-8(10(14)15)18-4-6/h1-4H,(H,14,15). The number of carbonyl (C=O) groups is 1. The highest BCUT2D eigenvalue weighted by Crippen LogP contribution is 2.35. The number of nitrogens with zero attached hydrogens (tertiary/aromatic N) is 2. The van der Waals surface area contributed by atoms with E-state index in [2.05, 4.69) is 20.9 Å². The van der Waals surface area contributed by atoms with E-state index in [1.54, 1.807) is 5.38 Å². The Hall–Kier alpha value is -1.45. The maximum atomic E-state index is 10.8. The van der Waals surface area contributed by atoms with Crippen LogP contribution in [0.5, 0.6) is 0 Å². The summed E-state index contributed by atoms with van der Waals surface area (Å²) in [4.78, 5) is 25.7. The van der Waals surface area contributed by atoms with Crippen molar-refractivity contribution in [1.82, 2.24) is 4.98 Å². The molecule has 0 aliphatic rings. The lowest BCUT2D eigenvalue weighted by molar-refractivity contribution is -0.385. The highest BCUT2D eigenvalue weighted by Gasteiger charge is 2.13. The number of nitro groups is 1. The molecule has 0 atom stereocenters. The smallest absolute Gasteiger partial charge is 0.345 e. The van der Waals surface area contributed by atoms with Crippen LogP contribution in [0.15, 0.2) is 38.1 Å². The average Bonchev–Trinajstić information content (AvgIpc) is 2.80. The fourth-order valence-electron chi connectivity index (χ4n) is 1.19. The number of aromatic carboxylic acids is 1. The van der Waals surface area contributed by atoms with Crippen molar-refractivity contribution in [1.29, 1.82) is 0 Å². The molecule has 2 aromatic heterocycles. The van der Waals surface area contributed by atoms with Crippen LogP contribution in [0.4, 0.5) is 5.69 Å². The Bertz CT molecular complexity index is 659. The molecule has 9 heteroatoms. The number of rotatable bonds is 4. The Morgan fingerprint density at radius 1 is 1.53 bits per heavy atom. The minimum absolute atomic E-state index is 0.104. The quantitative estimate of drug-likeness (QED) is 0.660. The lowest BCUT2D eigenvalue weighted by Crippen LogP contribution is -1.91. The van der Waals surface area contributed by atoms with Crippen molar-refractivity contribution in [2.45, 2.75) is 9.92 Å². The molecule has 0 aromatic carbocycles. The van der Waals surface area contributed by atoms with Crippen LogP contribution in [0.3, 0.4) is 0 Å². The predicted molar refractivity (Wildman–Crippen MR) is 74.0 cm³/mol. The third-order valence-corrected chi connectivity index (χ3v) is 4.93. The number of carboxylic acid groups (broad SMARTS) is 1. The fourth-order valence-corrected chi connectivity index (χ4v) is 3.45. The molecule has 19 heavy (non-hydrogen) atoms. The summed E-state index contributed by atoms with van der Waals surface area (Å²) in [6, 6.07) is 2.90. The third-order valence-electron chi connectivity index (χ3n) is 2.00. The van der Waals surface area contributed by atoms with Gasteiger partial charge in [0.2, 0.25) is 0 Å². The van der Waals surface area contributed by atoms with Crippen LogP contribution in [0.2, 0.25) is 0 Å². The molecule has 6 nitrogen and oxygen atoms in total. The molecule has 0 aliphatic heterocycles. The van der Waals surface area contributed by atoms with Crippen LogP contribution in [-0.4, -0.2) is 21.0 Å². The van der Waals surface area contributed by atoms with Gasteiger partial charge in [0.15, 0.2) is 0 Å². The largest absolute Gasteiger partial charge is 0.477 e. The lowest BCUT2D eigenvalue weighted by atomic mass is 10.4. The summed E-state index contributed by atoms with van der Waals surface area (Å²) >= 11 is 5.57. The predicted octanol–water partition coefficient (Wildman–Crippen LogP) is 3.66. The maximum Gasteiger partial charge on any atom is 0.345 e. The first-order valence-corrected chi connectivity index (χ1v) is 7.26. The molecule has 0 fully saturated rings. The second-order valence-electron chi connectivity index (χ2n) is 3.29. The molecule has 0 saturated heterocycles. The van der Waals surface area contributed by atoms with Crippen LogP contribution < -0.4 is 0 Å². The van der Waals surface area contributed by atoms with Crippen molar-refractivity contribution in [3.05, 3.63) is 43.2 Å². The first kappa shape index (κ1) is 14.0. The van der Waals surface area contributed by atoms with Gasteiger partial charge in [0, 0.05) is 16.3 Å². The second kappa shape index (κ2) is 5.68. The lowest BCUT2D eigenvalue weighted by Gasteiger charge is -2.00. The normalized spacial score (nSPS) is 10.4. The highest BCUT2D eigenvalue weighted by molar-refractivity contribution is 9.10. The molecule has 98 valence electrons. The molecular formula is C10H5BrN2O4S2. The van der Waals surface area contributed by atoms with E-state index in [9.17, 15) is 14.9 Å². The van der Waals surface area contributed by atoms with Gasteiger partial charge < -0.3 is 5.11 Å². The monoisotopic (exact) mass is 360 g/mol. The Morgan fingerprint density at radius 3 is 2.79 bits per heavy atom. The topological polar surface area (TPSA) is 93.3 Å². The Morgan fingerprint density at radius 2 is 2.26 bits per heavy atom. The zero-order valence-corrected chi connectivity index (χ0v) is 12.3. The summed E-state index contributed by atoms with van der Waals surface area (Å²) in [7, 11) is 0. The first-order chi connectivity index (χ1) is 8.97. The SMILES string of the molecule is O=C(O)c1cc(Sc2ncc([N+](=O)[O-])cc2Br)cs1. The molecule has 0 saturated carbocycles. The number of hydrogen-bond donors (Lipinski definition) is 1. The van der Waals surface area contributed by atoms with Crippen LogP contribution in [0.25, 0.3) is 0 Å². The number of carboxylic acids is 1.